The average Bonchev–Trinajstić information content (AvgIpc) is 2.76. The molecule has 0 amide bonds. The molecule has 1 N–H and O–H groups in total. The molecule has 90 valence electrons. The zero-order chi connectivity index (χ0) is 11.7. The Kier molecular flexibility index (Phi) is 2.85. The van der Waals surface area contributed by atoms with Gasteiger partial charge in [0.1, 0.15) is 0 Å². The number of aryl methyl sites for hydroxylation is 1. The van der Waals surface area contributed by atoms with Crippen molar-refractivity contribution < 1.29 is 0 Å². The molecule has 1 aromatic carbocycles. The van der Waals surface area contributed by atoms with Crippen molar-refractivity contribution in [2.75, 3.05) is 13.1 Å². The average molecular weight is 229 g/mol. The van der Waals surface area contributed by atoms with E-state index >= 15 is 0 Å². The predicted octanol–water partition coefficient (Wildman–Crippen LogP) is 2.34. The molecule has 3 nitrogen and oxygen atoms in total. The van der Waals surface area contributed by atoms with Crippen LogP contribution in [0.1, 0.15) is 18.4 Å². The van der Waals surface area contributed by atoms with Gasteiger partial charge in [-0.15, -0.1) is 0 Å². The Hall–Kier alpha value is -1.35. The van der Waals surface area contributed by atoms with Crippen LogP contribution in [0.4, 0.5) is 0 Å². The van der Waals surface area contributed by atoms with Crippen molar-refractivity contribution in [1.29, 1.82) is 0 Å². The van der Waals surface area contributed by atoms with Gasteiger partial charge >= 0.3 is 0 Å². The van der Waals surface area contributed by atoms with Gasteiger partial charge in [-0.05, 0) is 50.4 Å². The lowest BCUT2D eigenvalue weighted by atomic mass is 10.00. The van der Waals surface area contributed by atoms with Gasteiger partial charge in [-0.2, -0.15) is 5.10 Å². The van der Waals surface area contributed by atoms with E-state index in [1.807, 2.05) is 6.20 Å². The standard InChI is InChI=1S/C14H19N3/c1-11-4-2-6-14-13(11)9-16-17(14)10-12-5-3-7-15-8-12/h2,4,6,9,12,15H,3,5,7-8,10H2,1H3. The van der Waals surface area contributed by atoms with Crippen LogP contribution in [-0.2, 0) is 6.54 Å². The molecule has 1 aliphatic rings. The van der Waals surface area contributed by atoms with E-state index in [1.54, 1.807) is 0 Å². The van der Waals surface area contributed by atoms with Crippen LogP contribution in [0.15, 0.2) is 24.4 Å². The molecule has 2 aromatic rings. The molecule has 3 rings (SSSR count). The van der Waals surface area contributed by atoms with Crippen LogP contribution >= 0.6 is 0 Å². The zero-order valence-corrected chi connectivity index (χ0v) is 10.3. The van der Waals surface area contributed by atoms with E-state index in [9.17, 15) is 0 Å². The number of benzene rings is 1. The Balaban J connectivity index is 1.87. The molecular weight excluding hydrogens is 210 g/mol. The Morgan fingerprint density at radius 3 is 3.24 bits per heavy atom. The monoisotopic (exact) mass is 229 g/mol. The Morgan fingerprint density at radius 1 is 1.47 bits per heavy atom. The van der Waals surface area contributed by atoms with Crippen molar-refractivity contribution in [1.82, 2.24) is 15.1 Å². The van der Waals surface area contributed by atoms with Gasteiger partial charge in [0.25, 0.3) is 0 Å². The fraction of sp³-hybridized carbons (Fsp3) is 0.500. The summed E-state index contributed by atoms with van der Waals surface area (Å²) in [5, 5.41) is 9.29. The Morgan fingerprint density at radius 2 is 2.41 bits per heavy atom. The summed E-state index contributed by atoms with van der Waals surface area (Å²) in [5.74, 6) is 0.729. The van der Waals surface area contributed by atoms with Crippen molar-refractivity contribution in [3.05, 3.63) is 30.0 Å². The van der Waals surface area contributed by atoms with Gasteiger partial charge in [0, 0.05) is 11.9 Å². The second-order valence-electron chi connectivity index (χ2n) is 5.05. The second kappa shape index (κ2) is 4.49. The molecule has 17 heavy (non-hydrogen) atoms. The number of hydrogen-bond donors (Lipinski definition) is 1. The molecule has 1 saturated heterocycles. The van der Waals surface area contributed by atoms with Crippen LogP contribution in [0.2, 0.25) is 0 Å². The van der Waals surface area contributed by atoms with Crippen LogP contribution in [0.25, 0.3) is 10.9 Å². The van der Waals surface area contributed by atoms with E-state index in [0.29, 0.717) is 0 Å². The van der Waals surface area contributed by atoms with Crippen LogP contribution in [0.3, 0.4) is 0 Å². The van der Waals surface area contributed by atoms with Crippen LogP contribution in [0, 0.1) is 12.8 Å². The molecule has 1 fully saturated rings. The normalized spacial score (nSPS) is 20.9. The molecule has 1 unspecified atom stereocenters. The first-order chi connectivity index (χ1) is 8.34. The third-order valence-electron chi connectivity index (χ3n) is 3.74. The van der Waals surface area contributed by atoms with Crippen LogP contribution in [-0.4, -0.2) is 22.9 Å². The number of nitrogens with zero attached hydrogens (tertiary/aromatic N) is 2. The fourth-order valence-electron chi connectivity index (χ4n) is 2.72. The number of aromatic nitrogens is 2. The predicted molar refractivity (Wildman–Crippen MR) is 70.1 cm³/mol. The molecule has 1 aliphatic heterocycles. The molecule has 1 aromatic heterocycles. The van der Waals surface area contributed by atoms with Gasteiger partial charge in [0.15, 0.2) is 0 Å². The number of nitrogens with one attached hydrogen (secondary N) is 1. The maximum atomic E-state index is 4.54. The third-order valence-corrected chi connectivity index (χ3v) is 3.74. The fourth-order valence-corrected chi connectivity index (χ4v) is 2.72. The molecular formula is C14H19N3. The lowest BCUT2D eigenvalue weighted by Gasteiger charge is -2.22. The van der Waals surface area contributed by atoms with Crippen molar-refractivity contribution in [3.63, 3.8) is 0 Å². The largest absolute Gasteiger partial charge is 0.316 e. The second-order valence-corrected chi connectivity index (χ2v) is 5.05. The maximum absolute atomic E-state index is 4.54. The van der Waals surface area contributed by atoms with E-state index in [0.717, 1.165) is 19.0 Å². The van der Waals surface area contributed by atoms with Crippen LogP contribution < -0.4 is 5.32 Å². The first-order valence-corrected chi connectivity index (χ1v) is 6.46. The highest BCUT2D eigenvalue weighted by Crippen LogP contribution is 2.20. The minimum atomic E-state index is 0.729. The molecule has 0 aliphatic carbocycles. The summed E-state index contributed by atoms with van der Waals surface area (Å²) in [6.07, 6.45) is 4.62. The summed E-state index contributed by atoms with van der Waals surface area (Å²) in [6, 6.07) is 6.44. The molecule has 2 heterocycles. The summed E-state index contributed by atoms with van der Waals surface area (Å²) in [4.78, 5) is 0. The highest BCUT2D eigenvalue weighted by atomic mass is 15.3. The molecule has 0 bridgehead atoms. The van der Waals surface area contributed by atoms with E-state index in [2.05, 4.69) is 40.2 Å². The SMILES string of the molecule is Cc1cccc2c1cnn2CC1CCCNC1. The van der Waals surface area contributed by atoms with Gasteiger partial charge in [-0.3, -0.25) is 4.68 Å². The minimum Gasteiger partial charge on any atom is -0.316 e. The molecule has 1 atom stereocenters. The highest BCUT2D eigenvalue weighted by Gasteiger charge is 2.15. The number of piperidine rings is 1. The number of rotatable bonds is 2. The van der Waals surface area contributed by atoms with Gasteiger partial charge in [0.2, 0.25) is 0 Å². The first kappa shape index (κ1) is 10.8. The van der Waals surface area contributed by atoms with Gasteiger partial charge in [0.05, 0.1) is 11.7 Å². The summed E-state index contributed by atoms with van der Waals surface area (Å²) < 4.78 is 2.17. The van der Waals surface area contributed by atoms with Crippen molar-refractivity contribution >= 4 is 10.9 Å². The lowest BCUT2D eigenvalue weighted by Crippen LogP contribution is -2.32. The summed E-state index contributed by atoms with van der Waals surface area (Å²) in [6.45, 7) is 5.50. The van der Waals surface area contributed by atoms with Gasteiger partial charge in [-0.25, -0.2) is 0 Å². The van der Waals surface area contributed by atoms with E-state index in [4.69, 9.17) is 0 Å². The lowest BCUT2D eigenvalue weighted by molar-refractivity contribution is 0.329. The molecule has 0 spiro atoms. The smallest absolute Gasteiger partial charge is 0.0685 e. The van der Waals surface area contributed by atoms with Gasteiger partial charge < -0.3 is 5.32 Å². The topological polar surface area (TPSA) is 29.9 Å². The Labute approximate surface area is 102 Å². The van der Waals surface area contributed by atoms with Crippen molar-refractivity contribution in [3.8, 4) is 0 Å². The van der Waals surface area contributed by atoms with Crippen LogP contribution in [0.5, 0.6) is 0 Å². The number of hydrogen-bond acceptors (Lipinski definition) is 2. The van der Waals surface area contributed by atoms with Crippen molar-refractivity contribution in [2.45, 2.75) is 26.3 Å². The highest BCUT2D eigenvalue weighted by molar-refractivity contribution is 5.81. The zero-order valence-electron chi connectivity index (χ0n) is 10.3. The molecule has 0 radical (unpaired) electrons. The van der Waals surface area contributed by atoms with Crippen molar-refractivity contribution in [2.24, 2.45) is 5.92 Å². The van der Waals surface area contributed by atoms with E-state index in [1.165, 1.54) is 35.9 Å². The van der Waals surface area contributed by atoms with Gasteiger partial charge in [-0.1, -0.05) is 12.1 Å². The quantitative estimate of drug-likeness (QED) is 0.856. The Bertz CT molecular complexity index is 509. The summed E-state index contributed by atoms with van der Waals surface area (Å²) in [7, 11) is 0. The third kappa shape index (κ3) is 2.07. The maximum Gasteiger partial charge on any atom is 0.0685 e. The summed E-state index contributed by atoms with van der Waals surface area (Å²) >= 11 is 0. The number of fused-ring (bicyclic) bond motifs is 1. The first-order valence-electron chi connectivity index (χ1n) is 6.46. The van der Waals surface area contributed by atoms with E-state index in [-0.39, 0.29) is 0 Å². The molecule has 0 saturated carbocycles. The van der Waals surface area contributed by atoms with E-state index < -0.39 is 0 Å². The minimum absolute atomic E-state index is 0.729. The summed E-state index contributed by atoms with van der Waals surface area (Å²) in [5.41, 5.74) is 2.59. The molecule has 3 heteroatoms.